The van der Waals surface area contributed by atoms with Crippen molar-refractivity contribution < 1.29 is 0 Å². The normalized spacial score (nSPS) is 27.5. The zero-order valence-corrected chi connectivity index (χ0v) is 9.36. The van der Waals surface area contributed by atoms with Gasteiger partial charge in [0.25, 0.3) is 0 Å². The van der Waals surface area contributed by atoms with Gasteiger partial charge in [-0.3, -0.25) is 0 Å². The van der Waals surface area contributed by atoms with Gasteiger partial charge in [0.2, 0.25) is 0 Å². The highest BCUT2D eigenvalue weighted by Gasteiger charge is 2.17. The van der Waals surface area contributed by atoms with E-state index >= 15 is 0 Å². The highest BCUT2D eigenvalue weighted by molar-refractivity contribution is 7.99. The maximum absolute atomic E-state index is 2.61. The van der Waals surface area contributed by atoms with E-state index in [0.717, 1.165) is 11.3 Å². The number of likely N-dealkylation sites (tertiary alicyclic amines) is 1. The Hall–Kier alpha value is 0.310. The van der Waals surface area contributed by atoms with Crippen LogP contribution < -0.4 is 0 Å². The van der Waals surface area contributed by atoms with Crippen LogP contribution in [0.5, 0.6) is 0 Å². The third-order valence-electron chi connectivity index (χ3n) is 2.77. The molecule has 0 saturated carbocycles. The molecule has 1 aliphatic heterocycles. The maximum Gasteiger partial charge on any atom is 0.00569 e. The molecule has 1 heterocycles. The summed E-state index contributed by atoms with van der Waals surface area (Å²) >= 11 is 2.05. The lowest BCUT2D eigenvalue weighted by Gasteiger charge is -2.24. The summed E-state index contributed by atoms with van der Waals surface area (Å²) in [5.41, 5.74) is 0. The van der Waals surface area contributed by atoms with Gasteiger partial charge in [-0.15, -0.1) is 0 Å². The van der Waals surface area contributed by atoms with Crippen molar-refractivity contribution in [1.29, 1.82) is 0 Å². The molecule has 1 fully saturated rings. The van der Waals surface area contributed by atoms with Gasteiger partial charge in [-0.25, -0.2) is 0 Å². The van der Waals surface area contributed by atoms with Crippen molar-refractivity contribution >= 4 is 11.8 Å². The molecule has 0 aromatic carbocycles. The molecule has 1 aliphatic rings. The van der Waals surface area contributed by atoms with Crippen LogP contribution in [0.4, 0.5) is 0 Å². The molecule has 0 radical (unpaired) electrons. The summed E-state index contributed by atoms with van der Waals surface area (Å²) < 4.78 is 0. The van der Waals surface area contributed by atoms with Crippen LogP contribution in [0.15, 0.2) is 0 Å². The standard InChI is InChI=1S/C10H21NS/c1-9(2)11-7-4-5-10(12-3)6-8-11/h9-10H,4-8H2,1-3H3. The van der Waals surface area contributed by atoms with Gasteiger partial charge < -0.3 is 4.90 Å². The van der Waals surface area contributed by atoms with E-state index in [1.165, 1.54) is 32.4 Å². The lowest BCUT2D eigenvalue weighted by molar-refractivity contribution is 0.231. The molecule has 1 nitrogen and oxygen atoms in total. The van der Waals surface area contributed by atoms with Gasteiger partial charge in [0.1, 0.15) is 0 Å². The molecule has 0 N–H and O–H groups in total. The van der Waals surface area contributed by atoms with Crippen LogP contribution >= 0.6 is 11.8 Å². The zero-order chi connectivity index (χ0) is 8.97. The Kier molecular flexibility index (Phi) is 4.44. The molecule has 1 rings (SSSR count). The molecular weight excluding hydrogens is 166 g/mol. The molecule has 1 atom stereocenters. The van der Waals surface area contributed by atoms with Crippen LogP contribution in [0.25, 0.3) is 0 Å². The number of nitrogens with zero attached hydrogens (tertiary/aromatic N) is 1. The SMILES string of the molecule is CSC1CCCN(C(C)C)CC1. The van der Waals surface area contributed by atoms with Crippen molar-refractivity contribution in [3.05, 3.63) is 0 Å². The number of rotatable bonds is 2. The highest BCUT2D eigenvalue weighted by Crippen LogP contribution is 2.21. The fourth-order valence-electron chi connectivity index (χ4n) is 1.84. The quantitative estimate of drug-likeness (QED) is 0.654. The van der Waals surface area contributed by atoms with Gasteiger partial charge in [0.15, 0.2) is 0 Å². The summed E-state index contributed by atoms with van der Waals surface area (Å²) in [6.45, 7) is 7.23. The minimum Gasteiger partial charge on any atom is -0.301 e. The summed E-state index contributed by atoms with van der Waals surface area (Å²) in [5, 5.41) is 0.925. The predicted octanol–water partition coefficient (Wildman–Crippen LogP) is 2.61. The van der Waals surface area contributed by atoms with E-state index in [1.807, 2.05) is 11.8 Å². The third-order valence-corrected chi connectivity index (χ3v) is 3.91. The smallest absolute Gasteiger partial charge is 0.00569 e. The number of hydrogen-bond donors (Lipinski definition) is 0. The maximum atomic E-state index is 2.61. The molecule has 0 aromatic rings. The fraction of sp³-hybridized carbons (Fsp3) is 1.00. The second kappa shape index (κ2) is 5.13. The molecule has 0 bridgehead atoms. The monoisotopic (exact) mass is 187 g/mol. The first-order valence-electron chi connectivity index (χ1n) is 5.01. The van der Waals surface area contributed by atoms with Crippen molar-refractivity contribution in [1.82, 2.24) is 4.90 Å². The minimum atomic E-state index is 0.741. The first-order chi connectivity index (χ1) is 5.74. The van der Waals surface area contributed by atoms with Crippen molar-refractivity contribution in [2.24, 2.45) is 0 Å². The van der Waals surface area contributed by atoms with E-state index in [2.05, 4.69) is 25.0 Å². The Morgan fingerprint density at radius 3 is 2.58 bits per heavy atom. The molecule has 12 heavy (non-hydrogen) atoms. The van der Waals surface area contributed by atoms with E-state index in [0.29, 0.717) is 0 Å². The van der Waals surface area contributed by atoms with Gasteiger partial charge in [0, 0.05) is 11.3 Å². The van der Waals surface area contributed by atoms with E-state index < -0.39 is 0 Å². The molecule has 0 spiro atoms. The van der Waals surface area contributed by atoms with Crippen LogP contribution in [-0.4, -0.2) is 35.5 Å². The second-order valence-corrected chi connectivity index (χ2v) is 5.06. The van der Waals surface area contributed by atoms with Crippen LogP contribution in [-0.2, 0) is 0 Å². The van der Waals surface area contributed by atoms with Crippen LogP contribution in [0.1, 0.15) is 33.1 Å². The topological polar surface area (TPSA) is 3.24 Å². The van der Waals surface area contributed by atoms with E-state index in [4.69, 9.17) is 0 Å². The Morgan fingerprint density at radius 1 is 1.25 bits per heavy atom. The second-order valence-electron chi connectivity index (χ2n) is 3.92. The highest BCUT2D eigenvalue weighted by atomic mass is 32.2. The first kappa shape index (κ1) is 10.4. The van der Waals surface area contributed by atoms with E-state index in [-0.39, 0.29) is 0 Å². The lowest BCUT2D eigenvalue weighted by Crippen LogP contribution is -2.31. The zero-order valence-electron chi connectivity index (χ0n) is 8.55. The number of thioether (sulfide) groups is 1. The molecule has 0 aromatic heterocycles. The molecule has 2 heteroatoms. The number of hydrogen-bond acceptors (Lipinski definition) is 2. The summed E-state index contributed by atoms with van der Waals surface area (Å²) in [6.07, 6.45) is 6.45. The van der Waals surface area contributed by atoms with Gasteiger partial charge in [-0.2, -0.15) is 11.8 Å². The van der Waals surface area contributed by atoms with Crippen molar-refractivity contribution in [3.8, 4) is 0 Å². The molecule has 1 saturated heterocycles. The van der Waals surface area contributed by atoms with Crippen molar-refractivity contribution in [2.75, 3.05) is 19.3 Å². The molecule has 1 unspecified atom stereocenters. The summed E-state index contributed by atoms with van der Waals surface area (Å²) in [7, 11) is 0. The Labute approximate surface area is 80.9 Å². The predicted molar refractivity (Wildman–Crippen MR) is 57.9 cm³/mol. The van der Waals surface area contributed by atoms with Crippen molar-refractivity contribution in [3.63, 3.8) is 0 Å². The van der Waals surface area contributed by atoms with Gasteiger partial charge >= 0.3 is 0 Å². The summed E-state index contributed by atoms with van der Waals surface area (Å²) in [5.74, 6) is 0. The molecule has 0 aliphatic carbocycles. The first-order valence-corrected chi connectivity index (χ1v) is 6.29. The Bertz CT molecular complexity index is 125. The third kappa shape index (κ3) is 2.98. The van der Waals surface area contributed by atoms with Crippen LogP contribution in [0, 0.1) is 0 Å². The van der Waals surface area contributed by atoms with Crippen molar-refractivity contribution in [2.45, 2.75) is 44.4 Å². The molecular formula is C10H21NS. The van der Waals surface area contributed by atoms with Gasteiger partial charge in [0.05, 0.1) is 0 Å². The van der Waals surface area contributed by atoms with Crippen LogP contribution in [0.2, 0.25) is 0 Å². The average molecular weight is 187 g/mol. The largest absolute Gasteiger partial charge is 0.301 e. The fourth-order valence-corrected chi connectivity index (χ4v) is 2.58. The van der Waals surface area contributed by atoms with Gasteiger partial charge in [-0.05, 0) is 52.5 Å². The van der Waals surface area contributed by atoms with Crippen LogP contribution in [0.3, 0.4) is 0 Å². The summed E-state index contributed by atoms with van der Waals surface area (Å²) in [4.78, 5) is 2.61. The Balaban J connectivity index is 2.34. The molecule has 0 amide bonds. The van der Waals surface area contributed by atoms with E-state index in [9.17, 15) is 0 Å². The lowest BCUT2D eigenvalue weighted by atomic mass is 10.2. The van der Waals surface area contributed by atoms with Gasteiger partial charge in [-0.1, -0.05) is 0 Å². The minimum absolute atomic E-state index is 0.741. The average Bonchev–Trinajstić information content (AvgIpc) is 2.28. The Morgan fingerprint density at radius 2 is 2.00 bits per heavy atom. The van der Waals surface area contributed by atoms with E-state index in [1.54, 1.807) is 0 Å². The molecule has 72 valence electrons. The summed E-state index contributed by atoms with van der Waals surface area (Å²) in [6, 6.07) is 0.741.